The molecule has 0 saturated heterocycles. The maximum Gasteiger partial charge on any atom is 0.286 e. The first-order valence-electron chi connectivity index (χ1n) is 44.6. The second-order valence-electron chi connectivity index (χ2n) is 33.3. The third-order valence-corrected chi connectivity index (χ3v) is 27.5. The van der Waals surface area contributed by atoms with Crippen molar-refractivity contribution in [3.63, 3.8) is 0 Å². The van der Waals surface area contributed by atoms with Gasteiger partial charge in [0.05, 0.1) is 121 Å². The number of aliphatic hydroxyl groups excluding tert-OH is 1. The van der Waals surface area contributed by atoms with Crippen molar-refractivity contribution in [1.29, 1.82) is 0 Å². The lowest BCUT2D eigenvalue weighted by Gasteiger charge is -2.19. The summed E-state index contributed by atoms with van der Waals surface area (Å²) < 4.78 is 197. The molecule has 0 fully saturated rings. The Morgan fingerprint density at radius 3 is 1.13 bits per heavy atom. The molecular formula is C105H95F6N15O13S3. The van der Waals surface area contributed by atoms with E-state index in [0.29, 0.717) is 33.8 Å². The summed E-state index contributed by atoms with van der Waals surface area (Å²) in [6.45, 7) is 4.99. The van der Waals surface area contributed by atoms with Gasteiger partial charge in [-0.05, 0) is 164 Å². The zero-order valence-corrected chi connectivity index (χ0v) is 80.0. The minimum absolute atomic E-state index is 0.0324. The normalized spacial score (nSPS) is 12.3. The third-order valence-electron chi connectivity index (χ3n) is 22.9. The molecule has 728 valence electrons. The van der Waals surface area contributed by atoms with Crippen LogP contribution in [0.3, 0.4) is 0 Å². The molecule has 0 aliphatic carbocycles. The van der Waals surface area contributed by atoms with Crippen molar-refractivity contribution in [2.45, 2.75) is 113 Å². The molecule has 142 heavy (non-hydrogen) atoms. The molecule has 3 atom stereocenters. The zero-order valence-electron chi connectivity index (χ0n) is 77.5. The molecule has 28 nitrogen and oxygen atoms in total. The number of benzene rings is 9. The Balaban J connectivity index is 0.000000152. The molecule has 9 aromatic carbocycles. The van der Waals surface area contributed by atoms with Gasteiger partial charge in [-0.1, -0.05) is 164 Å². The molecule has 2 N–H and O–H groups in total. The molecule has 0 radical (unpaired) electrons. The molecule has 18 rings (SSSR count). The fourth-order valence-corrected chi connectivity index (χ4v) is 19.1. The summed E-state index contributed by atoms with van der Waals surface area (Å²) in [7, 11) is -6.43. The fraction of sp³-hybridized carbons (Fsp3) is 0.200. The highest BCUT2D eigenvalue weighted by atomic mass is 32.2. The van der Waals surface area contributed by atoms with Gasteiger partial charge in [-0.15, -0.1) is 0 Å². The minimum Gasteiger partial charge on any atom is -0.471 e. The van der Waals surface area contributed by atoms with Crippen LogP contribution in [0.15, 0.2) is 317 Å². The van der Waals surface area contributed by atoms with Crippen LogP contribution in [-0.4, -0.2) is 121 Å². The van der Waals surface area contributed by atoms with Gasteiger partial charge in [0, 0.05) is 106 Å². The van der Waals surface area contributed by atoms with Gasteiger partial charge in [0.1, 0.15) is 24.1 Å². The van der Waals surface area contributed by atoms with E-state index in [0.717, 1.165) is 78.2 Å². The standard InChI is InChI=1S/2C35H31F2N5O4S.C26H23F2N3O4S.C9H10N2O/c1-23-16-31(27-18-30(37)34(38-19-27)46-21-24-12-13-32-28(17-24)20-39-42(32)2)41-35(40-23)47(43,44)15-14-33(25-8-4-3-5-9-25)45-22-26-10-6-7-11-29(26)36;1-23-16-31(28-18-30(37)34(43)42(21-28)20-24-12-13-32-27(17-24)19-38-41(32)2)40-35(39-23)47(44,45)15-14-33(25-8-4-3-5-9-25)46-22-26-10-6-7-11-29(26)36;1-17-13-23(20-14-22(28)25(32)29-15-20)31-26(30-17)36(33,34)12-11-24(18-7-3-2-4-8-18)35-16-19-9-5-6-10-21(19)27;1-11-9-3-2-7(6-12)4-8(9)5-10-11/h3-13,16-20,33H,14-15,21-22H2,1-2H3;3-13,16-19,21,33H,14-15,20,22H2,1-2H3;2-10,13-15,24H,11-12,16H2,1H3,(H,29,32);2-5,12H,6H2,1H3. The van der Waals surface area contributed by atoms with Gasteiger partial charge in [-0.3, -0.25) is 23.6 Å². The smallest absolute Gasteiger partial charge is 0.286 e. The topological polar surface area (TPSA) is 358 Å². The maximum absolute atomic E-state index is 15.1. The molecule has 18 aromatic rings. The van der Waals surface area contributed by atoms with Gasteiger partial charge in [-0.2, -0.15) is 15.3 Å². The highest BCUT2D eigenvalue weighted by molar-refractivity contribution is 7.91. The van der Waals surface area contributed by atoms with Crippen molar-refractivity contribution in [2.24, 2.45) is 21.1 Å². The van der Waals surface area contributed by atoms with Crippen LogP contribution in [0.25, 0.3) is 66.5 Å². The van der Waals surface area contributed by atoms with Crippen molar-refractivity contribution in [1.82, 2.24) is 73.8 Å². The minimum atomic E-state index is -4.05. The summed E-state index contributed by atoms with van der Waals surface area (Å²) in [4.78, 5) is 55.6. The lowest BCUT2D eigenvalue weighted by molar-refractivity contribution is 0.0360. The predicted octanol–water partition coefficient (Wildman–Crippen LogP) is 18.3. The number of rotatable bonds is 33. The number of hydrogen-bond donors (Lipinski definition) is 2. The first-order valence-corrected chi connectivity index (χ1v) is 49.6. The van der Waals surface area contributed by atoms with Crippen molar-refractivity contribution in [3.8, 4) is 39.7 Å². The molecule has 0 spiro atoms. The lowest BCUT2D eigenvalue weighted by Crippen LogP contribution is -2.23. The summed E-state index contributed by atoms with van der Waals surface area (Å²) in [5.74, 6) is -5.18. The van der Waals surface area contributed by atoms with Crippen molar-refractivity contribution < 1.29 is 75.6 Å². The van der Waals surface area contributed by atoms with Gasteiger partial charge in [-0.25, -0.2) is 86.5 Å². The first kappa shape index (κ1) is 101. The summed E-state index contributed by atoms with van der Waals surface area (Å²) in [5.41, 5.74) is 9.42. The number of aliphatic hydroxyl groups is 1. The van der Waals surface area contributed by atoms with E-state index in [-0.39, 0.29) is 121 Å². The zero-order chi connectivity index (χ0) is 100. The number of ether oxygens (including phenoxy) is 4. The van der Waals surface area contributed by atoms with Crippen LogP contribution in [0.1, 0.15) is 105 Å². The number of halogens is 6. The average molecular weight is 1990 g/mol. The Labute approximate surface area is 812 Å². The lowest BCUT2D eigenvalue weighted by atomic mass is 10.1. The van der Waals surface area contributed by atoms with E-state index in [2.05, 4.69) is 55.2 Å². The van der Waals surface area contributed by atoms with E-state index in [4.69, 9.17) is 24.1 Å². The summed E-state index contributed by atoms with van der Waals surface area (Å²) in [6, 6.07) is 71.0. The Morgan fingerprint density at radius 2 is 0.732 bits per heavy atom. The van der Waals surface area contributed by atoms with Crippen LogP contribution >= 0.6 is 0 Å². The number of nitrogens with one attached hydrogen (secondary N) is 1. The molecule has 0 amide bonds. The van der Waals surface area contributed by atoms with Crippen LogP contribution < -0.4 is 15.9 Å². The average Bonchev–Trinajstić information content (AvgIpc) is 0.961. The number of aryl methyl sites for hydroxylation is 6. The third kappa shape index (κ3) is 25.9. The molecule has 0 saturated carbocycles. The number of aromatic amines is 1. The molecule has 9 aromatic heterocycles. The van der Waals surface area contributed by atoms with Crippen molar-refractivity contribution >= 4 is 62.2 Å². The number of nitrogens with zero attached hydrogens (tertiary/aromatic N) is 14. The van der Waals surface area contributed by atoms with Crippen LogP contribution in [-0.2, 0) is 104 Å². The molecule has 0 bridgehead atoms. The monoisotopic (exact) mass is 1980 g/mol. The highest BCUT2D eigenvalue weighted by Crippen LogP contribution is 2.34. The van der Waals surface area contributed by atoms with Crippen molar-refractivity contribution in [3.05, 3.63) is 415 Å². The van der Waals surface area contributed by atoms with Crippen molar-refractivity contribution in [2.75, 3.05) is 17.3 Å². The summed E-state index contributed by atoms with van der Waals surface area (Å²) in [6.07, 6.45) is 7.62. The van der Waals surface area contributed by atoms with Crippen LogP contribution in [0.5, 0.6) is 5.88 Å². The number of sulfone groups is 3. The van der Waals surface area contributed by atoms with Gasteiger partial charge in [0.2, 0.25) is 45.0 Å². The molecule has 0 aliphatic rings. The van der Waals surface area contributed by atoms with E-state index in [1.807, 2.05) is 171 Å². The largest absolute Gasteiger partial charge is 0.471 e. The highest BCUT2D eigenvalue weighted by Gasteiger charge is 2.29. The fourth-order valence-electron chi connectivity index (χ4n) is 15.4. The number of hydrogen-bond acceptors (Lipinski definition) is 23. The van der Waals surface area contributed by atoms with Crippen LogP contribution in [0.4, 0.5) is 26.3 Å². The Hall–Kier alpha value is -15.3. The Bertz CT molecular complexity index is 8050. The second kappa shape index (κ2) is 45.8. The Morgan fingerprint density at radius 1 is 0.373 bits per heavy atom. The molecule has 0 aliphatic heterocycles. The SMILES string of the molecule is Cc1cc(-c2c[nH]c(=O)c(F)c2)nc(S(=O)(=O)CCC(OCc2ccccc2F)c2ccccc2)n1.Cc1cc(-c2cc(F)c(=O)n(Cc3ccc4c(cnn4C)c3)c2)nc(S(=O)(=O)CCC(OCc2ccccc2F)c2ccccc2)n1.Cc1cc(-c2cnc(OCc3ccc4c(cnn4C)c3)c(F)c2)nc(S(=O)(=O)CCC(OCc2ccccc2F)c2ccccc2)n1.Cn1ncc2cc(CO)ccc21. The predicted molar refractivity (Wildman–Crippen MR) is 522 cm³/mol. The molecule has 9 heterocycles. The van der Waals surface area contributed by atoms with E-state index < -0.39 is 104 Å². The van der Waals surface area contributed by atoms with Gasteiger partial charge in [0.15, 0.2) is 17.5 Å². The second-order valence-corrected chi connectivity index (χ2v) is 39.3. The van der Waals surface area contributed by atoms with Crippen LogP contribution in [0.2, 0.25) is 0 Å². The number of H-pyrrole nitrogens is 1. The van der Waals surface area contributed by atoms with E-state index >= 15 is 4.39 Å². The summed E-state index contributed by atoms with van der Waals surface area (Å²) >= 11 is 0. The number of aromatic nitrogens is 15. The number of fused-ring (bicyclic) bond motifs is 3. The van der Waals surface area contributed by atoms with E-state index in [9.17, 15) is 56.8 Å². The van der Waals surface area contributed by atoms with E-state index in [1.165, 1.54) is 59.6 Å². The maximum atomic E-state index is 15.1. The molecule has 3 unspecified atom stereocenters. The van der Waals surface area contributed by atoms with Gasteiger partial charge < -0.3 is 33.6 Å². The van der Waals surface area contributed by atoms with Gasteiger partial charge >= 0.3 is 0 Å². The van der Waals surface area contributed by atoms with Gasteiger partial charge in [0.25, 0.3) is 17.0 Å². The summed E-state index contributed by atoms with van der Waals surface area (Å²) in [5, 5.41) is 23.1. The number of pyridine rings is 3. The quantitative estimate of drug-likeness (QED) is 0.0285. The molecule has 37 heteroatoms. The van der Waals surface area contributed by atoms with Crippen LogP contribution in [0, 0.1) is 55.7 Å². The Kier molecular flexibility index (Phi) is 32.6. The van der Waals surface area contributed by atoms with E-state index in [1.54, 1.807) is 109 Å². The molecular weight excluding hydrogens is 1890 g/mol. The first-order chi connectivity index (χ1) is 68.3.